The summed E-state index contributed by atoms with van der Waals surface area (Å²) in [7, 11) is 1.62. The molecule has 1 aromatic rings. The van der Waals surface area contributed by atoms with Crippen molar-refractivity contribution in [3.05, 3.63) is 29.8 Å². The molecule has 4 heteroatoms. The van der Waals surface area contributed by atoms with E-state index in [1.165, 1.54) is 0 Å². The third-order valence-corrected chi connectivity index (χ3v) is 3.42. The van der Waals surface area contributed by atoms with Gasteiger partial charge in [0.1, 0.15) is 5.75 Å². The maximum absolute atomic E-state index is 11.8. The molecule has 0 radical (unpaired) electrons. The van der Waals surface area contributed by atoms with Crippen LogP contribution in [0.3, 0.4) is 0 Å². The number of benzene rings is 1. The van der Waals surface area contributed by atoms with Gasteiger partial charge in [0, 0.05) is 13.0 Å². The van der Waals surface area contributed by atoms with Crippen molar-refractivity contribution < 1.29 is 14.6 Å². The zero-order valence-electron chi connectivity index (χ0n) is 10.8. The van der Waals surface area contributed by atoms with Gasteiger partial charge in [0.15, 0.2) is 0 Å². The molecule has 1 heterocycles. The maximum Gasteiger partial charge on any atom is 0.223 e. The molecule has 0 aliphatic carbocycles. The Hall–Kier alpha value is -1.55. The van der Waals surface area contributed by atoms with Crippen molar-refractivity contribution in [2.75, 3.05) is 7.11 Å². The molecule has 2 rings (SSSR count). The molecule has 1 aliphatic rings. The van der Waals surface area contributed by atoms with E-state index in [1.807, 2.05) is 24.3 Å². The highest BCUT2D eigenvalue weighted by atomic mass is 16.5. The smallest absolute Gasteiger partial charge is 0.223 e. The van der Waals surface area contributed by atoms with Gasteiger partial charge >= 0.3 is 0 Å². The molecule has 1 N–H and O–H groups in total. The lowest BCUT2D eigenvalue weighted by atomic mass is 10.1. The fourth-order valence-corrected chi connectivity index (χ4v) is 2.43. The topological polar surface area (TPSA) is 49.8 Å². The lowest BCUT2D eigenvalue weighted by molar-refractivity contribution is -0.130. The average Bonchev–Trinajstić information content (AvgIpc) is 2.71. The first kappa shape index (κ1) is 12.9. The summed E-state index contributed by atoms with van der Waals surface area (Å²) in [6, 6.07) is 7.61. The van der Waals surface area contributed by atoms with Gasteiger partial charge in [0.05, 0.1) is 19.3 Å². The number of hydrogen-bond donors (Lipinski definition) is 1. The van der Waals surface area contributed by atoms with Crippen molar-refractivity contribution in [3.8, 4) is 5.75 Å². The number of rotatable bonds is 4. The zero-order chi connectivity index (χ0) is 13.1. The van der Waals surface area contributed by atoms with Gasteiger partial charge < -0.3 is 14.7 Å². The number of hydrogen-bond acceptors (Lipinski definition) is 3. The molecule has 0 unspecified atom stereocenters. The van der Waals surface area contributed by atoms with Crippen LogP contribution in [0.2, 0.25) is 0 Å². The highest BCUT2D eigenvalue weighted by Crippen LogP contribution is 2.24. The van der Waals surface area contributed by atoms with Gasteiger partial charge in [-0.05, 0) is 31.0 Å². The minimum absolute atomic E-state index is 0.0660. The second-order valence-electron chi connectivity index (χ2n) is 4.72. The number of methoxy groups -OCH3 is 1. The molecule has 2 atom stereocenters. The Kier molecular flexibility index (Phi) is 3.87. The fourth-order valence-electron chi connectivity index (χ4n) is 2.43. The van der Waals surface area contributed by atoms with E-state index in [0.29, 0.717) is 13.0 Å². The quantitative estimate of drug-likeness (QED) is 0.881. The summed E-state index contributed by atoms with van der Waals surface area (Å²) in [5.74, 6) is 0.900. The van der Waals surface area contributed by atoms with Crippen molar-refractivity contribution in [3.63, 3.8) is 0 Å². The average molecular weight is 249 g/mol. The normalized spacial score (nSPS) is 21.2. The first-order chi connectivity index (χ1) is 8.61. The Bertz CT molecular complexity index is 431. The summed E-state index contributed by atoms with van der Waals surface area (Å²) < 4.78 is 5.17. The van der Waals surface area contributed by atoms with Crippen molar-refractivity contribution in [1.29, 1.82) is 0 Å². The molecule has 18 heavy (non-hydrogen) atoms. The Morgan fingerprint density at radius 2 is 2.33 bits per heavy atom. The van der Waals surface area contributed by atoms with Gasteiger partial charge in [-0.2, -0.15) is 0 Å². The van der Waals surface area contributed by atoms with Gasteiger partial charge in [-0.15, -0.1) is 0 Å². The number of carbonyl (C=O) groups excluding carboxylic acids is 1. The first-order valence-corrected chi connectivity index (χ1v) is 6.22. The molecular formula is C14H19NO3. The van der Waals surface area contributed by atoms with Crippen molar-refractivity contribution >= 4 is 5.91 Å². The van der Waals surface area contributed by atoms with E-state index in [2.05, 4.69) is 0 Å². The Balaban J connectivity index is 2.13. The number of aliphatic hydroxyl groups is 1. The van der Waals surface area contributed by atoms with E-state index in [1.54, 1.807) is 18.9 Å². The number of carbonyl (C=O) groups is 1. The number of likely N-dealkylation sites (tertiary alicyclic amines) is 1. The molecule has 0 saturated carbocycles. The van der Waals surface area contributed by atoms with Crippen LogP contribution in [0.4, 0.5) is 0 Å². The zero-order valence-corrected chi connectivity index (χ0v) is 10.8. The van der Waals surface area contributed by atoms with Crippen LogP contribution >= 0.6 is 0 Å². The maximum atomic E-state index is 11.8. The fraction of sp³-hybridized carbons (Fsp3) is 0.500. The Morgan fingerprint density at radius 3 is 3.00 bits per heavy atom. The monoisotopic (exact) mass is 249 g/mol. The van der Waals surface area contributed by atoms with Gasteiger partial charge in [0.25, 0.3) is 0 Å². The highest BCUT2D eigenvalue weighted by Gasteiger charge is 2.33. The van der Waals surface area contributed by atoms with Crippen molar-refractivity contribution in [1.82, 2.24) is 4.90 Å². The standard InChI is InChI=1S/C14H19NO3/c1-10(16)13-6-7-14(17)15(13)9-11-4-3-5-12(8-11)18-2/h3-5,8,10,13,16H,6-7,9H2,1-2H3/t10-,13-/m1/s1. The largest absolute Gasteiger partial charge is 0.497 e. The van der Waals surface area contributed by atoms with E-state index in [-0.39, 0.29) is 11.9 Å². The summed E-state index contributed by atoms with van der Waals surface area (Å²) in [4.78, 5) is 13.6. The second kappa shape index (κ2) is 5.40. The molecule has 1 fully saturated rings. The van der Waals surface area contributed by atoms with E-state index in [4.69, 9.17) is 4.74 Å². The highest BCUT2D eigenvalue weighted by molar-refractivity contribution is 5.78. The number of amides is 1. The van der Waals surface area contributed by atoms with Crippen LogP contribution in [-0.2, 0) is 11.3 Å². The molecule has 1 aromatic carbocycles. The van der Waals surface area contributed by atoms with E-state index in [0.717, 1.165) is 17.7 Å². The molecule has 0 spiro atoms. The SMILES string of the molecule is COc1cccc(CN2C(=O)CC[C@@H]2[C@@H](C)O)c1. The second-order valence-corrected chi connectivity index (χ2v) is 4.72. The summed E-state index contributed by atoms with van der Waals surface area (Å²) in [5, 5.41) is 9.70. The molecule has 1 amide bonds. The predicted molar refractivity (Wildman–Crippen MR) is 68.2 cm³/mol. The summed E-state index contributed by atoms with van der Waals surface area (Å²) in [6.07, 6.45) is 0.780. The Labute approximate surface area is 107 Å². The molecule has 1 saturated heterocycles. The van der Waals surface area contributed by atoms with Crippen molar-refractivity contribution in [2.24, 2.45) is 0 Å². The van der Waals surface area contributed by atoms with E-state index >= 15 is 0 Å². The number of nitrogens with zero attached hydrogens (tertiary/aromatic N) is 1. The van der Waals surface area contributed by atoms with Crippen LogP contribution in [-0.4, -0.2) is 35.2 Å². The van der Waals surface area contributed by atoms with E-state index < -0.39 is 6.10 Å². The third kappa shape index (κ3) is 2.64. The van der Waals surface area contributed by atoms with Crippen LogP contribution in [0.25, 0.3) is 0 Å². The van der Waals surface area contributed by atoms with Crippen LogP contribution in [0.15, 0.2) is 24.3 Å². The van der Waals surface area contributed by atoms with E-state index in [9.17, 15) is 9.90 Å². The number of aliphatic hydroxyl groups excluding tert-OH is 1. The minimum Gasteiger partial charge on any atom is -0.497 e. The summed E-state index contributed by atoms with van der Waals surface area (Å²) in [5.41, 5.74) is 1.02. The van der Waals surface area contributed by atoms with Gasteiger partial charge in [0.2, 0.25) is 5.91 Å². The summed E-state index contributed by atoms with van der Waals surface area (Å²) in [6.45, 7) is 2.27. The lowest BCUT2D eigenvalue weighted by Gasteiger charge is -2.27. The molecule has 98 valence electrons. The lowest BCUT2D eigenvalue weighted by Crippen LogP contribution is -2.39. The minimum atomic E-state index is -0.484. The molecule has 1 aliphatic heterocycles. The third-order valence-electron chi connectivity index (χ3n) is 3.42. The molecular weight excluding hydrogens is 230 g/mol. The summed E-state index contributed by atoms with van der Waals surface area (Å²) >= 11 is 0. The Morgan fingerprint density at radius 1 is 1.56 bits per heavy atom. The molecule has 0 aromatic heterocycles. The van der Waals surface area contributed by atoms with Crippen LogP contribution in [0, 0.1) is 0 Å². The molecule has 4 nitrogen and oxygen atoms in total. The van der Waals surface area contributed by atoms with Gasteiger partial charge in [-0.25, -0.2) is 0 Å². The van der Waals surface area contributed by atoms with Crippen molar-refractivity contribution in [2.45, 2.75) is 38.5 Å². The van der Waals surface area contributed by atoms with Crippen LogP contribution in [0.5, 0.6) is 5.75 Å². The first-order valence-electron chi connectivity index (χ1n) is 6.22. The van der Waals surface area contributed by atoms with Gasteiger partial charge in [-0.3, -0.25) is 4.79 Å². The van der Waals surface area contributed by atoms with Crippen LogP contribution in [0.1, 0.15) is 25.3 Å². The van der Waals surface area contributed by atoms with Crippen LogP contribution < -0.4 is 4.74 Å². The molecule has 0 bridgehead atoms. The van der Waals surface area contributed by atoms with Gasteiger partial charge in [-0.1, -0.05) is 12.1 Å². The predicted octanol–water partition coefficient (Wildman–Crippen LogP) is 1.57. The number of ether oxygens (including phenoxy) is 1.